The predicted molar refractivity (Wildman–Crippen MR) is 62.6 cm³/mol. The molecule has 0 heterocycles. The third kappa shape index (κ3) is 4.77. The van der Waals surface area contributed by atoms with Crippen LogP contribution in [0.2, 0.25) is 0 Å². The van der Waals surface area contributed by atoms with E-state index in [1.807, 2.05) is 11.9 Å². The van der Waals surface area contributed by atoms with Crippen LogP contribution in [0.3, 0.4) is 0 Å². The second-order valence-electron chi connectivity index (χ2n) is 4.19. The molecule has 1 unspecified atom stereocenters. The van der Waals surface area contributed by atoms with Crippen molar-refractivity contribution in [2.24, 2.45) is 5.73 Å². The van der Waals surface area contributed by atoms with E-state index < -0.39 is 11.6 Å². The number of rotatable bonds is 6. The third-order valence-corrected chi connectivity index (χ3v) is 2.55. The van der Waals surface area contributed by atoms with Crippen LogP contribution >= 0.6 is 0 Å². The number of aliphatic hydroxyl groups excluding tert-OH is 1. The van der Waals surface area contributed by atoms with Gasteiger partial charge in [0.05, 0.1) is 6.61 Å². The van der Waals surface area contributed by atoms with Gasteiger partial charge in [0.1, 0.15) is 11.6 Å². The summed E-state index contributed by atoms with van der Waals surface area (Å²) in [4.78, 5) is 1.88. The summed E-state index contributed by atoms with van der Waals surface area (Å²) in [6.45, 7) is 1.00. The van der Waals surface area contributed by atoms with E-state index in [1.54, 1.807) is 0 Å². The first-order chi connectivity index (χ1) is 8.02. The standard InChI is InChI=1S/C12H18F2N2O/c1-16(7-11(15)8-17)5-4-9-6-10(13)2-3-12(9)14/h2-3,6,11,17H,4-5,7-8,15H2,1H3. The van der Waals surface area contributed by atoms with Gasteiger partial charge in [-0.15, -0.1) is 0 Å². The van der Waals surface area contributed by atoms with Crippen molar-refractivity contribution >= 4 is 0 Å². The Kier molecular flexibility index (Phi) is 5.47. The highest BCUT2D eigenvalue weighted by Crippen LogP contribution is 2.10. The molecular weight excluding hydrogens is 226 g/mol. The molecule has 0 fully saturated rings. The molecule has 0 aliphatic carbocycles. The van der Waals surface area contributed by atoms with Gasteiger partial charge in [-0.2, -0.15) is 0 Å². The molecule has 96 valence electrons. The van der Waals surface area contributed by atoms with Crippen molar-refractivity contribution in [1.29, 1.82) is 0 Å². The van der Waals surface area contributed by atoms with Crippen LogP contribution in [0.25, 0.3) is 0 Å². The highest BCUT2D eigenvalue weighted by atomic mass is 19.1. The van der Waals surface area contributed by atoms with Gasteiger partial charge in [0.25, 0.3) is 0 Å². The van der Waals surface area contributed by atoms with E-state index >= 15 is 0 Å². The molecule has 0 saturated carbocycles. The van der Waals surface area contributed by atoms with E-state index in [9.17, 15) is 8.78 Å². The monoisotopic (exact) mass is 244 g/mol. The van der Waals surface area contributed by atoms with E-state index in [0.29, 0.717) is 25.1 Å². The zero-order valence-electron chi connectivity index (χ0n) is 9.87. The van der Waals surface area contributed by atoms with E-state index in [4.69, 9.17) is 10.8 Å². The average molecular weight is 244 g/mol. The molecule has 1 atom stereocenters. The first-order valence-corrected chi connectivity index (χ1v) is 5.52. The van der Waals surface area contributed by atoms with Crippen molar-refractivity contribution in [1.82, 2.24) is 4.90 Å². The summed E-state index contributed by atoms with van der Waals surface area (Å²) in [7, 11) is 1.83. The van der Waals surface area contributed by atoms with Gasteiger partial charge in [0.2, 0.25) is 0 Å². The summed E-state index contributed by atoms with van der Waals surface area (Å²) in [5.74, 6) is -0.831. The number of nitrogens with two attached hydrogens (primary N) is 1. The molecule has 3 nitrogen and oxygen atoms in total. The van der Waals surface area contributed by atoms with Crippen LogP contribution in [0.15, 0.2) is 18.2 Å². The maximum absolute atomic E-state index is 13.3. The SMILES string of the molecule is CN(CCc1cc(F)ccc1F)CC(N)CO. The number of benzene rings is 1. The van der Waals surface area contributed by atoms with Crippen molar-refractivity contribution in [2.75, 3.05) is 26.7 Å². The maximum Gasteiger partial charge on any atom is 0.126 e. The molecule has 0 aliphatic heterocycles. The Bertz CT molecular complexity index is 360. The summed E-state index contributed by atoms with van der Waals surface area (Å²) in [6.07, 6.45) is 0.415. The van der Waals surface area contributed by atoms with Gasteiger partial charge in [0.15, 0.2) is 0 Å². The Balaban J connectivity index is 2.47. The molecule has 0 aromatic heterocycles. The Hall–Kier alpha value is -1.04. The number of nitrogens with zero attached hydrogens (tertiary/aromatic N) is 1. The van der Waals surface area contributed by atoms with Crippen LogP contribution in [-0.2, 0) is 6.42 Å². The lowest BCUT2D eigenvalue weighted by Crippen LogP contribution is -2.38. The summed E-state index contributed by atoms with van der Waals surface area (Å²) in [6, 6.07) is 3.13. The number of aliphatic hydroxyl groups is 1. The third-order valence-electron chi connectivity index (χ3n) is 2.55. The fourth-order valence-corrected chi connectivity index (χ4v) is 1.60. The lowest BCUT2D eigenvalue weighted by molar-refractivity contribution is 0.222. The Morgan fingerprint density at radius 1 is 1.41 bits per heavy atom. The number of halogens is 2. The molecule has 3 N–H and O–H groups in total. The first-order valence-electron chi connectivity index (χ1n) is 5.52. The molecule has 1 aromatic carbocycles. The quantitative estimate of drug-likeness (QED) is 0.776. The van der Waals surface area contributed by atoms with Crippen LogP contribution in [0.1, 0.15) is 5.56 Å². The fraction of sp³-hybridized carbons (Fsp3) is 0.500. The van der Waals surface area contributed by atoms with E-state index in [2.05, 4.69) is 0 Å². The molecule has 1 aromatic rings. The molecule has 0 spiro atoms. The van der Waals surface area contributed by atoms with E-state index in [1.165, 1.54) is 6.07 Å². The minimum atomic E-state index is -0.434. The summed E-state index contributed by atoms with van der Waals surface area (Å²) in [5, 5.41) is 8.79. The zero-order valence-corrected chi connectivity index (χ0v) is 9.87. The molecule has 17 heavy (non-hydrogen) atoms. The molecule has 0 radical (unpaired) electrons. The summed E-state index contributed by atoms with van der Waals surface area (Å²) < 4.78 is 26.2. The molecule has 0 bridgehead atoms. The Morgan fingerprint density at radius 3 is 2.76 bits per heavy atom. The summed E-state index contributed by atoms with van der Waals surface area (Å²) in [5.41, 5.74) is 5.93. The highest BCUT2D eigenvalue weighted by Gasteiger charge is 2.08. The largest absolute Gasteiger partial charge is 0.395 e. The second kappa shape index (κ2) is 6.64. The van der Waals surface area contributed by atoms with Crippen LogP contribution in [-0.4, -0.2) is 42.8 Å². The number of likely N-dealkylation sites (N-methyl/N-ethyl adjacent to an activating group) is 1. The van der Waals surface area contributed by atoms with Crippen LogP contribution in [0.4, 0.5) is 8.78 Å². The van der Waals surface area contributed by atoms with Crippen molar-refractivity contribution < 1.29 is 13.9 Å². The molecule has 1 rings (SSSR count). The van der Waals surface area contributed by atoms with Gasteiger partial charge >= 0.3 is 0 Å². The van der Waals surface area contributed by atoms with Crippen LogP contribution < -0.4 is 5.73 Å². The number of hydrogen-bond donors (Lipinski definition) is 2. The van der Waals surface area contributed by atoms with E-state index in [-0.39, 0.29) is 12.6 Å². The van der Waals surface area contributed by atoms with Gasteiger partial charge in [-0.05, 0) is 37.2 Å². The van der Waals surface area contributed by atoms with Crippen molar-refractivity contribution in [3.63, 3.8) is 0 Å². The van der Waals surface area contributed by atoms with Crippen LogP contribution in [0, 0.1) is 11.6 Å². The average Bonchev–Trinajstić information content (AvgIpc) is 2.30. The van der Waals surface area contributed by atoms with Gasteiger partial charge in [-0.25, -0.2) is 8.78 Å². The second-order valence-corrected chi connectivity index (χ2v) is 4.19. The highest BCUT2D eigenvalue weighted by molar-refractivity contribution is 5.18. The maximum atomic E-state index is 13.3. The normalized spacial score (nSPS) is 13.1. The molecule has 0 amide bonds. The Labute approximate surface area is 99.8 Å². The lowest BCUT2D eigenvalue weighted by Gasteiger charge is -2.19. The van der Waals surface area contributed by atoms with Gasteiger partial charge in [0, 0.05) is 19.1 Å². The van der Waals surface area contributed by atoms with Crippen molar-refractivity contribution in [2.45, 2.75) is 12.5 Å². The van der Waals surface area contributed by atoms with Crippen molar-refractivity contribution in [3.8, 4) is 0 Å². The smallest absolute Gasteiger partial charge is 0.126 e. The first kappa shape index (κ1) is 14.0. The Morgan fingerprint density at radius 2 is 2.12 bits per heavy atom. The van der Waals surface area contributed by atoms with Gasteiger partial charge in [-0.3, -0.25) is 0 Å². The van der Waals surface area contributed by atoms with E-state index in [0.717, 1.165) is 12.1 Å². The zero-order chi connectivity index (χ0) is 12.8. The van der Waals surface area contributed by atoms with Gasteiger partial charge < -0.3 is 15.7 Å². The molecular formula is C12H18F2N2O. The number of hydrogen-bond acceptors (Lipinski definition) is 3. The topological polar surface area (TPSA) is 49.5 Å². The summed E-state index contributed by atoms with van der Waals surface area (Å²) >= 11 is 0. The van der Waals surface area contributed by atoms with Crippen molar-refractivity contribution in [3.05, 3.63) is 35.4 Å². The molecule has 0 saturated heterocycles. The molecule has 5 heteroatoms. The van der Waals surface area contributed by atoms with Gasteiger partial charge in [-0.1, -0.05) is 0 Å². The molecule has 0 aliphatic rings. The van der Waals surface area contributed by atoms with Crippen LogP contribution in [0.5, 0.6) is 0 Å². The predicted octanol–water partition coefficient (Wildman–Crippen LogP) is 0.759. The lowest BCUT2D eigenvalue weighted by atomic mass is 10.1. The fourth-order valence-electron chi connectivity index (χ4n) is 1.60. The minimum Gasteiger partial charge on any atom is -0.395 e. The minimum absolute atomic E-state index is 0.0847.